The van der Waals surface area contributed by atoms with E-state index in [0.717, 1.165) is 30.3 Å². The van der Waals surface area contributed by atoms with Crippen LogP contribution < -0.4 is 10.1 Å². The Hall–Kier alpha value is -5.05. The van der Waals surface area contributed by atoms with E-state index >= 15 is 0 Å². The average molecular weight is 623 g/mol. The van der Waals surface area contributed by atoms with Crippen LogP contribution in [-0.2, 0) is 11.0 Å². The molecule has 12 nitrogen and oxygen atoms in total. The molecular weight excluding hydrogens is 601 g/mol. The van der Waals surface area contributed by atoms with Gasteiger partial charge in [-0.1, -0.05) is 25.4 Å². The van der Waals surface area contributed by atoms with Crippen molar-refractivity contribution in [1.82, 2.24) is 10.3 Å². The number of carboxylic acid groups (broad SMARTS) is 2. The number of aromatic nitrogens is 1. The number of aliphatic imine (C=N–C) groups is 1. The number of amidine groups is 1. The van der Waals surface area contributed by atoms with Gasteiger partial charge >= 0.3 is 18.1 Å². The predicted molar refractivity (Wildman–Crippen MR) is 146 cm³/mol. The van der Waals surface area contributed by atoms with Gasteiger partial charge in [-0.15, -0.1) is 0 Å². The highest BCUT2D eigenvalue weighted by molar-refractivity contribution is 6.32. The number of nitrogens with zero attached hydrogens (tertiary/aromatic N) is 3. The van der Waals surface area contributed by atoms with Gasteiger partial charge in [0.1, 0.15) is 28.3 Å². The molecule has 2 heterocycles. The summed E-state index contributed by atoms with van der Waals surface area (Å²) < 4.78 is 42.9. The molecular formula is C27H22ClF3N4O8. The molecule has 0 saturated heterocycles. The largest absolute Gasteiger partial charge is 0.478 e. The van der Waals surface area contributed by atoms with Crippen LogP contribution in [0.25, 0.3) is 0 Å². The van der Waals surface area contributed by atoms with Crippen LogP contribution in [0.15, 0.2) is 59.7 Å². The van der Waals surface area contributed by atoms with Crippen molar-refractivity contribution in [1.29, 1.82) is 0 Å². The Morgan fingerprint density at radius 3 is 2.26 bits per heavy atom. The topological polar surface area (TPSA) is 181 Å². The highest BCUT2D eigenvalue weighted by Crippen LogP contribution is 2.37. The minimum absolute atomic E-state index is 0.00184. The van der Waals surface area contributed by atoms with E-state index in [0.29, 0.717) is 6.07 Å². The zero-order valence-corrected chi connectivity index (χ0v) is 23.2. The first-order valence-corrected chi connectivity index (χ1v) is 12.5. The minimum atomic E-state index is -4.58. The van der Waals surface area contributed by atoms with E-state index in [1.54, 1.807) is 6.92 Å². The maximum Gasteiger partial charge on any atom is 0.416 e. The van der Waals surface area contributed by atoms with Gasteiger partial charge in [-0.25, -0.2) is 14.6 Å². The highest BCUT2D eigenvalue weighted by Gasteiger charge is 2.43. The van der Waals surface area contributed by atoms with Crippen LogP contribution in [0.2, 0.25) is 5.02 Å². The van der Waals surface area contributed by atoms with Gasteiger partial charge in [-0.05, 0) is 49.2 Å². The van der Waals surface area contributed by atoms with Gasteiger partial charge < -0.3 is 20.3 Å². The van der Waals surface area contributed by atoms with E-state index < -0.39 is 45.4 Å². The number of amides is 1. The number of hydrogen-bond donors (Lipinski definition) is 3. The summed E-state index contributed by atoms with van der Waals surface area (Å²) in [5, 5.41) is 31.1. The molecule has 226 valence electrons. The average Bonchev–Trinajstić information content (AvgIpc) is 3.24. The normalized spacial score (nSPS) is 16.1. The lowest BCUT2D eigenvalue weighted by molar-refractivity contribution is -0.385. The number of hydrogen-bond acceptors (Lipinski definition) is 8. The molecule has 4 rings (SSSR count). The lowest BCUT2D eigenvalue weighted by Gasteiger charge is -2.21. The number of nitro groups is 1. The standard InChI is InChI=1S/C14H7ClF3NO5.C13H15N3O3/c15-10-5-7(14(16,17)18)1-4-12(10)24-8-2-3-11(19(22)23)9(6-8)13(20)21;1-7(2)13(3)12(19)15-10(16-13)9-8(11(17)18)5-4-6-14-9/h1-6H,(H,20,21);4-7H,1-3H3,(H,17,18)(H,15,16,19). The number of benzene rings is 2. The molecule has 2 aromatic carbocycles. The van der Waals surface area contributed by atoms with E-state index in [2.05, 4.69) is 15.3 Å². The van der Waals surface area contributed by atoms with Gasteiger partial charge in [0.25, 0.3) is 11.6 Å². The molecule has 0 saturated carbocycles. The Bertz CT molecular complexity index is 1640. The molecule has 1 aliphatic rings. The quantitative estimate of drug-likeness (QED) is 0.216. The monoisotopic (exact) mass is 622 g/mol. The summed E-state index contributed by atoms with van der Waals surface area (Å²) in [6.07, 6.45) is -3.10. The summed E-state index contributed by atoms with van der Waals surface area (Å²) in [5.74, 6) is -2.95. The van der Waals surface area contributed by atoms with Crippen molar-refractivity contribution in [2.24, 2.45) is 10.9 Å². The molecule has 1 aliphatic heterocycles. The lowest BCUT2D eigenvalue weighted by atomic mass is 9.89. The Balaban J connectivity index is 0.000000242. The maximum atomic E-state index is 12.6. The molecule has 1 atom stereocenters. The van der Waals surface area contributed by atoms with Crippen LogP contribution in [0.5, 0.6) is 11.5 Å². The fraction of sp³-hybridized carbons (Fsp3) is 0.222. The zero-order valence-electron chi connectivity index (χ0n) is 22.5. The van der Waals surface area contributed by atoms with Gasteiger partial charge in [0.15, 0.2) is 5.84 Å². The SMILES string of the molecule is CC(C)C1(C)N=C(c2ncccc2C(=O)O)NC1=O.O=C(O)c1cc(Oc2ccc(C(F)(F)F)cc2Cl)ccc1[N+](=O)[O-]. The second-order valence-corrected chi connectivity index (χ2v) is 9.81. The van der Waals surface area contributed by atoms with Crippen molar-refractivity contribution in [3.63, 3.8) is 0 Å². The first-order chi connectivity index (χ1) is 20.0. The second kappa shape index (κ2) is 12.4. The van der Waals surface area contributed by atoms with Crippen molar-refractivity contribution in [3.05, 3.63) is 92.2 Å². The van der Waals surface area contributed by atoms with E-state index in [4.69, 9.17) is 26.6 Å². The van der Waals surface area contributed by atoms with Gasteiger partial charge in [0.2, 0.25) is 0 Å². The number of ether oxygens (including phenoxy) is 1. The van der Waals surface area contributed by atoms with Crippen molar-refractivity contribution < 1.29 is 47.4 Å². The van der Waals surface area contributed by atoms with Gasteiger partial charge in [-0.3, -0.25) is 19.9 Å². The van der Waals surface area contributed by atoms with Crippen LogP contribution in [0.3, 0.4) is 0 Å². The van der Waals surface area contributed by atoms with Crippen molar-refractivity contribution >= 4 is 41.0 Å². The van der Waals surface area contributed by atoms with E-state index in [9.17, 15) is 37.7 Å². The number of rotatable bonds is 7. The predicted octanol–water partition coefficient (Wildman–Crippen LogP) is 5.83. The number of nitro benzene ring substituents is 1. The molecule has 0 bridgehead atoms. The molecule has 1 aromatic heterocycles. The zero-order chi connectivity index (χ0) is 32.3. The lowest BCUT2D eigenvalue weighted by Crippen LogP contribution is -2.41. The van der Waals surface area contributed by atoms with E-state index in [1.807, 2.05) is 13.8 Å². The number of carbonyl (C=O) groups excluding carboxylic acids is 1. The maximum absolute atomic E-state index is 12.6. The van der Waals surface area contributed by atoms with Crippen LogP contribution in [-0.4, -0.2) is 49.3 Å². The minimum Gasteiger partial charge on any atom is -0.478 e. The molecule has 3 aromatic rings. The van der Waals surface area contributed by atoms with Crippen LogP contribution in [0, 0.1) is 16.0 Å². The molecule has 43 heavy (non-hydrogen) atoms. The number of halogens is 4. The third-order valence-corrected chi connectivity index (χ3v) is 6.60. The first kappa shape index (κ1) is 32.5. The molecule has 0 aliphatic carbocycles. The van der Waals surface area contributed by atoms with Crippen molar-refractivity contribution in [2.45, 2.75) is 32.5 Å². The molecule has 0 spiro atoms. The summed E-state index contributed by atoms with van der Waals surface area (Å²) in [6, 6.07) is 8.23. The van der Waals surface area contributed by atoms with Crippen LogP contribution in [0.4, 0.5) is 18.9 Å². The van der Waals surface area contributed by atoms with Gasteiger partial charge in [0.05, 0.1) is 21.1 Å². The first-order valence-electron chi connectivity index (χ1n) is 12.1. The second-order valence-electron chi connectivity index (χ2n) is 9.41. The molecule has 16 heteroatoms. The van der Waals surface area contributed by atoms with Crippen LogP contribution in [0.1, 0.15) is 52.7 Å². The van der Waals surface area contributed by atoms with E-state index in [-0.39, 0.29) is 45.4 Å². The number of aromatic carboxylic acids is 2. The highest BCUT2D eigenvalue weighted by atomic mass is 35.5. The molecule has 0 radical (unpaired) electrons. The smallest absolute Gasteiger partial charge is 0.416 e. The Morgan fingerprint density at radius 2 is 1.74 bits per heavy atom. The van der Waals surface area contributed by atoms with E-state index in [1.165, 1.54) is 18.3 Å². The summed E-state index contributed by atoms with van der Waals surface area (Å²) in [5.41, 5.74) is -2.92. The van der Waals surface area contributed by atoms with Gasteiger partial charge in [-0.2, -0.15) is 13.2 Å². The number of pyridine rings is 1. The molecule has 1 unspecified atom stereocenters. The molecule has 3 N–H and O–H groups in total. The number of nitrogens with one attached hydrogen (secondary N) is 1. The number of carboxylic acids is 2. The third kappa shape index (κ3) is 7.24. The van der Waals surface area contributed by atoms with Crippen LogP contribution >= 0.6 is 11.6 Å². The molecule has 0 fully saturated rings. The van der Waals surface area contributed by atoms with Crippen molar-refractivity contribution in [2.75, 3.05) is 0 Å². The fourth-order valence-corrected chi connectivity index (χ4v) is 3.83. The van der Waals surface area contributed by atoms with Crippen molar-refractivity contribution in [3.8, 4) is 11.5 Å². The summed E-state index contributed by atoms with van der Waals surface area (Å²) in [6.45, 7) is 5.51. The number of carbonyl (C=O) groups is 3. The van der Waals surface area contributed by atoms with Gasteiger partial charge in [0, 0.05) is 18.3 Å². The third-order valence-electron chi connectivity index (χ3n) is 6.30. The Labute approximate surface area is 245 Å². The summed E-state index contributed by atoms with van der Waals surface area (Å²) in [4.78, 5) is 52.4. The molecule has 1 amide bonds. The summed E-state index contributed by atoms with van der Waals surface area (Å²) >= 11 is 5.72. The fourth-order valence-electron chi connectivity index (χ4n) is 3.61. The number of alkyl halides is 3. The Kier molecular flexibility index (Phi) is 9.39. The Morgan fingerprint density at radius 1 is 1.09 bits per heavy atom. The summed E-state index contributed by atoms with van der Waals surface area (Å²) in [7, 11) is 0.